The van der Waals surface area contributed by atoms with Gasteiger partial charge >= 0.3 is 0 Å². The Morgan fingerprint density at radius 1 is 0.842 bits per heavy atom. The van der Waals surface area contributed by atoms with Gasteiger partial charge in [0.05, 0.1) is 7.11 Å². The summed E-state index contributed by atoms with van der Waals surface area (Å²) >= 11 is 0. The predicted molar refractivity (Wildman–Crippen MR) is 84.0 cm³/mol. The Kier molecular flexibility index (Phi) is 5.62. The predicted octanol–water partition coefficient (Wildman–Crippen LogP) is 5.31. The van der Waals surface area contributed by atoms with E-state index in [0.717, 1.165) is 5.75 Å². The highest BCUT2D eigenvalue weighted by Gasteiger charge is 2.06. The van der Waals surface area contributed by atoms with Crippen molar-refractivity contribution in [3.8, 4) is 16.9 Å². The van der Waals surface area contributed by atoms with Crippen molar-refractivity contribution in [3.63, 3.8) is 0 Å². The summed E-state index contributed by atoms with van der Waals surface area (Å²) in [6.07, 6.45) is 0. The van der Waals surface area contributed by atoms with Gasteiger partial charge in [-0.05, 0) is 49.1 Å². The van der Waals surface area contributed by atoms with E-state index in [0.29, 0.717) is 0 Å². The molecule has 1 heteroatoms. The molecule has 0 heterocycles. The highest BCUT2D eigenvalue weighted by atomic mass is 16.5. The van der Waals surface area contributed by atoms with Gasteiger partial charge in [-0.3, -0.25) is 0 Å². The molecule has 0 spiro atoms. The molecule has 0 atom stereocenters. The smallest absolute Gasteiger partial charge is 0.122 e. The molecule has 1 nitrogen and oxygen atoms in total. The van der Waals surface area contributed by atoms with Crippen LogP contribution in [-0.2, 0) is 0 Å². The maximum atomic E-state index is 5.39. The molecule has 2 rings (SSSR count). The normalized spacial score (nSPS) is 9.58. The summed E-state index contributed by atoms with van der Waals surface area (Å²) in [7, 11) is 1.72. The van der Waals surface area contributed by atoms with Crippen molar-refractivity contribution in [1.82, 2.24) is 0 Å². The zero-order chi connectivity index (χ0) is 14.4. The van der Waals surface area contributed by atoms with Gasteiger partial charge in [-0.25, -0.2) is 0 Å². The van der Waals surface area contributed by atoms with Crippen LogP contribution >= 0.6 is 0 Å². The van der Waals surface area contributed by atoms with Crippen LogP contribution in [0.2, 0.25) is 0 Å². The molecule has 0 aliphatic rings. The fourth-order valence-electron chi connectivity index (χ4n) is 2.18. The average Bonchev–Trinajstić information content (AvgIpc) is 2.41. The maximum absolute atomic E-state index is 5.39. The molecule has 0 N–H and O–H groups in total. The van der Waals surface area contributed by atoms with Gasteiger partial charge in [-0.15, -0.1) is 0 Å². The second kappa shape index (κ2) is 6.98. The molecule has 0 unspecified atom stereocenters. The Hall–Kier alpha value is -1.76. The topological polar surface area (TPSA) is 9.23 Å². The van der Waals surface area contributed by atoms with E-state index < -0.39 is 0 Å². The molecule has 0 bridgehead atoms. The molecule has 2 aromatic carbocycles. The van der Waals surface area contributed by atoms with Crippen molar-refractivity contribution >= 4 is 0 Å². The first kappa shape index (κ1) is 15.3. The zero-order valence-corrected chi connectivity index (χ0v) is 12.9. The Morgan fingerprint density at radius 2 is 1.53 bits per heavy atom. The lowest BCUT2D eigenvalue weighted by Crippen LogP contribution is -1.91. The summed E-state index contributed by atoms with van der Waals surface area (Å²) in [4.78, 5) is 0. The van der Waals surface area contributed by atoms with Gasteiger partial charge in [0.25, 0.3) is 0 Å². The van der Waals surface area contributed by atoms with Crippen LogP contribution in [0.15, 0.2) is 36.4 Å². The van der Waals surface area contributed by atoms with E-state index >= 15 is 0 Å². The van der Waals surface area contributed by atoms with E-state index in [-0.39, 0.29) is 0 Å². The summed E-state index contributed by atoms with van der Waals surface area (Å²) in [5.41, 5.74) is 6.24. The van der Waals surface area contributed by atoms with Gasteiger partial charge < -0.3 is 4.74 Å². The van der Waals surface area contributed by atoms with Crippen LogP contribution in [0.25, 0.3) is 11.1 Å². The molecule has 0 aliphatic heterocycles. The molecular formula is C18H24O. The lowest BCUT2D eigenvalue weighted by atomic mass is 9.97. The lowest BCUT2D eigenvalue weighted by Gasteiger charge is -2.12. The first-order valence-electron chi connectivity index (χ1n) is 6.84. The van der Waals surface area contributed by atoms with Crippen LogP contribution in [0.4, 0.5) is 0 Å². The molecule has 19 heavy (non-hydrogen) atoms. The number of hydrogen-bond acceptors (Lipinski definition) is 1. The number of aryl methyl sites for hydroxylation is 3. The summed E-state index contributed by atoms with van der Waals surface area (Å²) < 4.78 is 5.39. The molecular weight excluding hydrogens is 232 g/mol. The summed E-state index contributed by atoms with van der Waals surface area (Å²) in [5.74, 6) is 0.951. The second-order valence-electron chi connectivity index (χ2n) is 4.51. The average molecular weight is 256 g/mol. The van der Waals surface area contributed by atoms with Crippen molar-refractivity contribution in [3.05, 3.63) is 53.1 Å². The fraction of sp³-hybridized carbons (Fsp3) is 0.333. The Bertz CT molecular complexity index is 541. The number of benzene rings is 2. The third-order valence-corrected chi connectivity index (χ3v) is 3.07. The summed E-state index contributed by atoms with van der Waals surface area (Å²) in [6.45, 7) is 10.3. The molecule has 102 valence electrons. The number of methoxy groups -OCH3 is 1. The molecule has 0 radical (unpaired) electrons. The first-order valence-corrected chi connectivity index (χ1v) is 6.84. The number of hydrogen-bond donors (Lipinski definition) is 0. The van der Waals surface area contributed by atoms with E-state index in [2.05, 4.69) is 57.2 Å². The standard InChI is InChI=1S/C16H18O.C2H6/c1-11-6-5-7-14(8-11)15-10-16(17-4)13(3)9-12(15)2;1-2/h5-10H,1-4H3;1-2H3. The minimum absolute atomic E-state index is 0.951. The van der Waals surface area contributed by atoms with E-state index in [1.165, 1.54) is 27.8 Å². The number of rotatable bonds is 2. The van der Waals surface area contributed by atoms with E-state index in [1.54, 1.807) is 7.11 Å². The Morgan fingerprint density at radius 3 is 2.11 bits per heavy atom. The van der Waals surface area contributed by atoms with Crippen molar-refractivity contribution in [2.75, 3.05) is 7.11 Å². The first-order chi connectivity index (χ1) is 9.11. The second-order valence-corrected chi connectivity index (χ2v) is 4.51. The third kappa shape index (κ3) is 3.60. The molecule has 0 fully saturated rings. The Labute approximate surface area is 117 Å². The van der Waals surface area contributed by atoms with Gasteiger partial charge in [0.2, 0.25) is 0 Å². The monoisotopic (exact) mass is 256 g/mol. The largest absolute Gasteiger partial charge is 0.496 e. The van der Waals surface area contributed by atoms with Gasteiger partial charge in [-0.1, -0.05) is 49.7 Å². The van der Waals surface area contributed by atoms with E-state index in [4.69, 9.17) is 4.74 Å². The van der Waals surface area contributed by atoms with Crippen LogP contribution in [0, 0.1) is 20.8 Å². The van der Waals surface area contributed by atoms with Crippen LogP contribution in [0.3, 0.4) is 0 Å². The van der Waals surface area contributed by atoms with Gasteiger partial charge in [0.1, 0.15) is 5.75 Å². The van der Waals surface area contributed by atoms with Gasteiger partial charge in [0.15, 0.2) is 0 Å². The fourth-order valence-corrected chi connectivity index (χ4v) is 2.18. The quantitative estimate of drug-likeness (QED) is 0.707. The highest BCUT2D eigenvalue weighted by Crippen LogP contribution is 2.30. The summed E-state index contributed by atoms with van der Waals surface area (Å²) in [5, 5.41) is 0. The van der Waals surface area contributed by atoms with Crippen molar-refractivity contribution in [2.45, 2.75) is 34.6 Å². The molecule has 2 aromatic rings. The minimum atomic E-state index is 0.951. The van der Waals surface area contributed by atoms with Gasteiger partial charge in [0, 0.05) is 0 Å². The van der Waals surface area contributed by atoms with Crippen LogP contribution in [0.5, 0.6) is 5.75 Å². The zero-order valence-electron chi connectivity index (χ0n) is 12.9. The minimum Gasteiger partial charge on any atom is -0.496 e. The van der Waals surface area contributed by atoms with E-state index in [1.807, 2.05) is 13.8 Å². The van der Waals surface area contributed by atoms with Gasteiger partial charge in [-0.2, -0.15) is 0 Å². The molecule has 0 aromatic heterocycles. The van der Waals surface area contributed by atoms with Crippen LogP contribution < -0.4 is 4.74 Å². The molecule has 0 amide bonds. The Balaban J connectivity index is 0.000000861. The molecule has 0 saturated heterocycles. The van der Waals surface area contributed by atoms with Crippen LogP contribution in [-0.4, -0.2) is 7.11 Å². The van der Waals surface area contributed by atoms with E-state index in [9.17, 15) is 0 Å². The van der Waals surface area contributed by atoms with Crippen molar-refractivity contribution < 1.29 is 4.74 Å². The molecule has 0 saturated carbocycles. The third-order valence-electron chi connectivity index (χ3n) is 3.07. The molecule has 0 aliphatic carbocycles. The number of ether oxygens (including phenoxy) is 1. The van der Waals surface area contributed by atoms with Crippen molar-refractivity contribution in [1.29, 1.82) is 0 Å². The lowest BCUT2D eigenvalue weighted by molar-refractivity contribution is 0.412. The SMILES string of the molecule is CC.COc1cc(-c2cccc(C)c2)c(C)cc1C. The maximum Gasteiger partial charge on any atom is 0.122 e. The highest BCUT2D eigenvalue weighted by molar-refractivity contribution is 5.70. The van der Waals surface area contributed by atoms with Crippen molar-refractivity contribution in [2.24, 2.45) is 0 Å². The summed E-state index contributed by atoms with van der Waals surface area (Å²) in [6, 6.07) is 12.9. The van der Waals surface area contributed by atoms with Crippen LogP contribution in [0.1, 0.15) is 30.5 Å².